The van der Waals surface area contributed by atoms with E-state index in [1.54, 1.807) is 4.90 Å². The number of carbonyl (C=O) groups is 1. The second kappa shape index (κ2) is 4.31. The van der Waals surface area contributed by atoms with Crippen molar-refractivity contribution >= 4 is 22.6 Å². The molecule has 1 saturated heterocycles. The quantitative estimate of drug-likeness (QED) is 0.907. The van der Waals surface area contributed by atoms with E-state index in [4.69, 9.17) is 0 Å². The van der Waals surface area contributed by atoms with Crippen LogP contribution in [0.4, 0.5) is 18.3 Å². The van der Waals surface area contributed by atoms with Crippen molar-refractivity contribution < 1.29 is 23.1 Å². The molecule has 0 spiro atoms. The summed E-state index contributed by atoms with van der Waals surface area (Å²) in [4.78, 5) is 16.6. The van der Waals surface area contributed by atoms with Crippen molar-refractivity contribution in [3.63, 3.8) is 0 Å². The Morgan fingerprint density at radius 3 is 2.80 bits per heavy atom. The highest BCUT2D eigenvalue weighted by molar-refractivity contribution is 7.09. The fourth-order valence-corrected chi connectivity index (χ4v) is 3.94. The fourth-order valence-electron chi connectivity index (χ4n) is 3.24. The predicted molar refractivity (Wildman–Crippen MR) is 64.5 cm³/mol. The van der Waals surface area contributed by atoms with E-state index in [9.17, 15) is 23.1 Å². The van der Waals surface area contributed by atoms with Crippen molar-refractivity contribution in [3.8, 4) is 0 Å². The van der Waals surface area contributed by atoms with Crippen LogP contribution in [-0.2, 0) is 11.0 Å². The average molecular weight is 307 g/mol. The monoisotopic (exact) mass is 307 g/mol. The summed E-state index contributed by atoms with van der Waals surface area (Å²) in [6.07, 6.45) is -2.33. The molecule has 20 heavy (non-hydrogen) atoms. The van der Waals surface area contributed by atoms with Gasteiger partial charge in [-0.05, 0) is 18.8 Å². The molecule has 1 saturated carbocycles. The van der Waals surface area contributed by atoms with Gasteiger partial charge in [-0.15, -0.1) is 0 Å². The maximum Gasteiger partial charge on any atom is 0.452 e. The number of fused-ring (bicyclic) bond motifs is 1. The fraction of sp³-hybridized carbons (Fsp3) is 0.727. The molecule has 0 aromatic carbocycles. The summed E-state index contributed by atoms with van der Waals surface area (Å²) in [6.45, 7) is 0.665. The van der Waals surface area contributed by atoms with Crippen molar-refractivity contribution in [2.45, 2.75) is 25.4 Å². The summed E-state index contributed by atoms with van der Waals surface area (Å²) in [5.41, 5.74) is -0.829. The van der Waals surface area contributed by atoms with Crippen molar-refractivity contribution in [1.29, 1.82) is 0 Å². The Bertz CT molecular complexity index is 547. The first kappa shape index (κ1) is 13.6. The number of carboxylic acids is 1. The first-order valence-electron chi connectivity index (χ1n) is 6.22. The Balaban J connectivity index is 1.84. The zero-order chi connectivity index (χ0) is 14.5. The van der Waals surface area contributed by atoms with Gasteiger partial charge in [0.05, 0.1) is 5.41 Å². The second-order valence-electron chi connectivity index (χ2n) is 5.33. The molecule has 2 fully saturated rings. The van der Waals surface area contributed by atoms with Gasteiger partial charge in [0.25, 0.3) is 0 Å². The van der Waals surface area contributed by atoms with Crippen molar-refractivity contribution in [2.24, 2.45) is 11.3 Å². The standard InChI is InChI=1S/C11H12F3N3O2S/c12-11(13,14)7-15-9(20-16-7)17-4-6-2-1-3-10(6,5-17)8(18)19/h6H,1-5H2,(H,18,19)/t6-,10+/m0/s1. The number of anilines is 1. The lowest BCUT2D eigenvalue weighted by molar-refractivity contribution is -0.149. The van der Waals surface area contributed by atoms with E-state index < -0.39 is 23.4 Å². The van der Waals surface area contributed by atoms with Crippen LogP contribution in [0.5, 0.6) is 0 Å². The van der Waals surface area contributed by atoms with Gasteiger partial charge in [0.15, 0.2) is 0 Å². The third kappa shape index (κ3) is 1.95. The topological polar surface area (TPSA) is 66.3 Å². The Kier molecular flexibility index (Phi) is 2.93. The number of alkyl halides is 3. The van der Waals surface area contributed by atoms with E-state index in [1.807, 2.05) is 0 Å². The lowest BCUT2D eigenvalue weighted by Crippen LogP contribution is -2.35. The molecule has 1 aromatic heterocycles. The van der Waals surface area contributed by atoms with Gasteiger partial charge in [-0.2, -0.15) is 22.5 Å². The van der Waals surface area contributed by atoms with Crippen LogP contribution in [0.3, 0.4) is 0 Å². The molecule has 110 valence electrons. The van der Waals surface area contributed by atoms with Gasteiger partial charge in [-0.3, -0.25) is 4.79 Å². The lowest BCUT2D eigenvalue weighted by atomic mass is 9.81. The van der Waals surface area contributed by atoms with Gasteiger partial charge in [-0.1, -0.05) is 6.42 Å². The number of hydrogen-bond donors (Lipinski definition) is 1. The number of carboxylic acid groups (broad SMARTS) is 1. The molecule has 0 unspecified atom stereocenters. The highest BCUT2D eigenvalue weighted by atomic mass is 32.1. The Hall–Kier alpha value is -1.38. The van der Waals surface area contributed by atoms with Gasteiger partial charge >= 0.3 is 12.1 Å². The maximum absolute atomic E-state index is 12.5. The number of hydrogen-bond acceptors (Lipinski definition) is 5. The van der Waals surface area contributed by atoms with Crippen molar-refractivity contribution in [1.82, 2.24) is 9.36 Å². The highest BCUT2D eigenvalue weighted by Gasteiger charge is 2.55. The Morgan fingerprint density at radius 2 is 2.25 bits per heavy atom. The third-order valence-corrected chi connectivity index (χ3v) is 5.01. The second-order valence-corrected chi connectivity index (χ2v) is 6.06. The summed E-state index contributed by atoms with van der Waals surface area (Å²) in [5.74, 6) is -2.03. The van der Waals surface area contributed by atoms with E-state index in [1.165, 1.54) is 0 Å². The molecule has 2 heterocycles. The first-order valence-corrected chi connectivity index (χ1v) is 6.99. The summed E-state index contributed by atoms with van der Waals surface area (Å²) >= 11 is 0.675. The zero-order valence-electron chi connectivity index (χ0n) is 10.4. The number of aliphatic carboxylic acids is 1. The molecule has 2 atom stereocenters. The van der Waals surface area contributed by atoms with Crippen LogP contribution in [0.15, 0.2) is 0 Å². The molecule has 0 amide bonds. The van der Waals surface area contributed by atoms with Crippen LogP contribution >= 0.6 is 11.5 Å². The predicted octanol–water partition coefficient (Wildman–Crippen LogP) is 2.25. The zero-order valence-corrected chi connectivity index (χ0v) is 11.2. The van der Waals surface area contributed by atoms with Gasteiger partial charge in [0.2, 0.25) is 11.0 Å². The SMILES string of the molecule is O=C(O)[C@@]12CCC[C@H]1CN(c1nc(C(F)(F)F)ns1)C2. The normalized spacial score (nSPS) is 29.8. The number of rotatable bonds is 2. The van der Waals surface area contributed by atoms with Crippen LogP contribution in [-0.4, -0.2) is 33.5 Å². The van der Waals surface area contributed by atoms with Crippen LogP contribution in [0.25, 0.3) is 0 Å². The van der Waals surface area contributed by atoms with Crippen LogP contribution in [0.1, 0.15) is 25.1 Å². The van der Waals surface area contributed by atoms with Crippen molar-refractivity contribution in [3.05, 3.63) is 5.82 Å². The number of nitrogens with zero attached hydrogens (tertiary/aromatic N) is 3. The summed E-state index contributed by atoms with van der Waals surface area (Å²) in [5, 5.41) is 9.59. The third-order valence-electron chi connectivity index (χ3n) is 4.24. The molecule has 1 aliphatic carbocycles. The average Bonchev–Trinajstić information content (AvgIpc) is 3.00. The Labute approximate surface area is 116 Å². The van der Waals surface area contributed by atoms with Crippen LogP contribution in [0, 0.1) is 11.3 Å². The van der Waals surface area contributed by atoms with E-state index in [0.29, 0.717) is 24.5 Å². The van der Waals surface area contributed by atoms with E-state index in [2.05, 4.69) is 9.36 Å². The van der Waals surface area contributed by atoms with E-state index >= 15 is 0 Å². The molecule has 9 heteroatoms. The van der Waals surface area contributed by atoms with Gasteiger partial charge in [-0.25, -0.2) is 0 Å². The summed E-state index contributed by atoms with van der Waals surface area (Å²) in [7, 11) is 0. The van der Waals surface area contributed by atoms with E-state index in [-0.39, 0.29) is 17.6 Å². The minimum atomic E-state index is -4.56. The van der Waals surface area contributed by atoms with Gasteiger partial charge < -0.3 is 10.0 Å². The number of halogens is 3. The maximum atomic E-state index is 12.5. The molecule has 5 nitrogen and oxygen atoms in total. The molecule has 2 aliphatic rings. The van der Waals surface area contributed by atoms with Crippen molar-refractivity contribution in [2.75, 3.05) is 18.0 Å². The molecular formula is C11H12F3N3O2S. The summed E-state index contributed by atoms with van der Waals surface area (Å²) < 4.78 is 40.8. The van der Waals surface area contributed by atoms with Crippen LogP contribution in [0.2, 0.25) is 0 Å². The molecule has 0 radical (unpaired) electrons. The molecular weight excluding hydrogens is 295 g/mol. The molecule has 1 N–H and O–H groups in total. The number of aromatic nitrogens is 2. The molecule has 0 bridgehead atoms. The summed E-state index contributed by atoms with van der Waals surface area (Å²) in [6, 6.07) is 0. The molecule has 1 aromatic rings. The minimum Gasteiger partial charge on any atom is -0.481 e. The van der Waals surface area contributed by atoms with E-state index in [0.717, 1.165) is 12.8 Å². The Morgan fingerprint density at radius 1 is 1.50 bits per heavy atom. The molecule has 1 aliphatic heterocycles. The lowest BCUT2D eigenvalue weighted by Gasteiger charge is -2.22. The highest BCUT2D eigenvalue weighted by Crippen LogP contribution is 2.50. The molecule has 3 rings (SSSR count). The smallest absolute Gasteiger partial charge is 0.452 e. The first-order chi connectivity index (χ1) is 9.33. The van der Waals surface area contributed by atoms with Crippen LogP contribution < -0.4 is 4.90 Å². The van der Waals surface area contributed by atoms with Gasteiger partial charge in [0, 0.05) is 24.6 Å². The minimum absolute atomic E-state index is 0.0155. The van der Waals surface area contributed by atoms with Gasteiger partial charge in [0.1, 0.15) is 0 Å². The largest absolute Gasteiger partial charge is 0.481 e.